The van der Waals surface area contributed by atoms with Crippen molar-refractivity contribution in [3.8, 4) is 0 Å². The molecular formula is C19H18N2O4S. The van der Waals surface area contributed by atoms with Crippen molar-refractivity contribution < 1.29 is 12.8 Å². The van der Waals surface area contributed by atoms with Crippen molar-refractivity contribution >= 4 is 27.2 Å². The monoisotopic (exact) mass is 370 g/mol. The number of aryl methyl sites for hydroxylation is 3. The third-order valence-corrected chi connectivity index (χ3v) is 5.19. The second-order valence-electron chi connectivity index (χ2n) is 6.14. The number of sulfonamides is 1. The van der Waals surface area contributed by atoms with E-state index in [0.29, 0.717) is 11.0 Å². The quantitative estimate of drug-likeness (QED) is 0.565. The Labute approximate surface area is 151 Å². The fourth-order valence-electron chi connectivity index (χ4n) is 2.66. The standard InChI is InChI=1S/C19H18N2O4S/c1-12-4-6-16(7-5-12)26(23,24)21-20-10-15-11-25-17-9-13(2)8-14(3)18(17)19(15)22/h4-11,21H,1-3H3/b20-10-. The van der Waals surface area contributed by atoms with Gasteiger partial charge in [-0.3, -0.25) is 4.79 Å². The lowest BCUT2D eigenvalue weighted by Crippen LogP contribution is -2.19. The first-order chi connectivity index (χ1) is 12.3. The lowest BCUT2D eigenvalue weighted by Gasteiger charge is -2.05. The van der Waals surface area contributed by atoms with Crippen LogP contribution in [-0.2, 0) is 10.0 Å². The summed E-state index contributed by atoms with van der Waals surface area (Å²) in [5, 5.41) is 4.16. The lowest BCUT2D eigenvalue weighted by atomic mass is 10.1. The maximum Gasteiger partial charge on any atom is 0.276 e. The predicted octanol–water partition coefficient (Wildman–Crippen LogP) is 3.03. The molecule has 0 amide bonds. The maximum absolute atomic E-state index is 12.6. The van der Waals surface area contributed by atoms with Crippen molar-refractivity contribution in [1.82, 2.24) is 4.83 Å². The van der Waals surface area contributed by atoms with Crippen LogP contribution in [0.25, 0.3) is 11.0 Å². The topological polar surface area (TPSA) is 88.7 Å². The van der Waals surface area contributed by atoms with E-state index in [9.17, 15) is 13.2 Å². The molecule has 1 N–H and O–H groups in total. The zero-order valence-corrected chi connectivity index (χ0v) is 15.4. The van der Waals surface area contributed by atoms with Gasteiger partial charge in [-0.2, -0.15) is 13.5 Å². The molecule has 0 aliphatic carbocycles. The molecule has 26 heavy (non-hydrogen) atoms. The molecule has 0 bridgehead atoms. The molecule has 2 aromatic carbocycles. The summed E-state index contributed by atoms with van der Waals surface area (Å²) >= 11 is 0. The largest absolute Gasteiger partial charge is 0.463 e. The highest BCUT2D eigenvalue weighted by Gasteiger charge is 2.13. The van der Waals surface area contributed by atoms with Gasteiger partial charge in [-0.15, -0.1) is 0 Å². The third kappa shape index (κ3) is 3.52. The van der Waals surface area contributed by atoms with Crippen molar-refractivity contribution in [2.24, 2.45) is 5.10 Å². The molecule has 0 radical (unpaired) electrons. The number of nitrogens with zero attached hydrogens (tertiary/aromatic N) is 1. The van der Waals surface area contributed by atoms with Crippen molar-refractivity contribution in [2.75, 3.05) is 0 Å². The molecule has 0 fully saturated rings. The lowest BCUT2D eigenvalue weighted by molar-refractivity contribution is 0.584. The summed E-state index contributed by atoms with van der Waals surface area (Å²) in [6, 6.07) is 10.0. The number of fused-ring (bicyclic) bond motifs is 1. The van der Waals surface area contributed by atoms with E-state index >= 15 is 0 Å². The molecule has 1 aromatic heterocycles. The van der Waals surface area contributed by atoms with Crippen molar-refractivity contribution in [1.29, 1.82) is 0 Å². The Morgan fingerprint density at radius 3 is 2.42 bits per heavy atom. The molecule has 0 spiro atoms. The molecule has 1 heterocycles. The maximum atomic E-state index is 12.6. The number of hydrazone groups is 1. The summed E-state index contributed by atoms with van der Waals surface area (Å²) in [7, 11) is -3.80. The zero-order valence-electron chi connectivity index (χ0n) is 14.6. The Morgan fingerprint density at radius 1 is 1.04 bits per heavy atom. The minimum absolute atomic E-state index is 0.0946. The van der Waals surface area contributed by atoms with Crippen LogP contribution < -0.4 is 10.3 Å². The zero-order chi connectivity index (χ0) is 18.9. The van der Waals surface area contributed by atoms with Crippen molar-refractivity contribution in [3.63, 3.8) is 0 Å². The highest BCUT2D eigenvalue weighted by Crippen LogP contribution is 2.17. The summed E-state index contributed by atoms with van der Waals surface area (Å²) in [6.07, 6.45) is 2.42. The van der Waals surface area contributed by atoms with Gasteiger partial charge in [0, 0.05) is 0 Å². The van der Waals surface area contributed by atoms with Crippen LogP contribution in [0.1, 0.15) is 22.3 Å². The van der Waals surface area contributed by atoms with Gasteiger partial charge in [-0.25, -0.2) is 4.83 Å². The van der Waals surface area contributed by atoms with Gasteiger partial charge >= 0.3 is 0 Å². The number of nitrogens with one attached hydrogen (secondary N) is 1. The first kappa shape index (κ1) is 17.9. The first-order valence-corrected chi connectivity index (χ1v) is 9.40. The van der Waals surface area contributed by atoms with Gasteiger partial charge in [0.05, 0.1) is 22.1 Å². The van der Waals surface area contributed by atoms with Crippen LogP contribution in [0.3, 0.4) is 0 Å². The number of benzene rings is 2. The van der Waals surface area contributed by atoms with Crippen LogP contribution in [-0.4, -0.2) is 14.6 Å². The Hall–Kier alpha value is -2.93. The van der Waals surface area contributed by atoms with Crippen molar-refractivity contribution in [3.05, 3.63) is 75.1 Å². The molecule has 6 nitrogen and oxygen atoms in total. The van der Waals surface area contributed by atoms with Gasteiger partial charge in [0.1, 0.15) is 11.8 Å². The summed E-state index contributed by atoms with van der Waals surface area (Å²) in [4.78, 5) is 14.8. The average molecular weight is 370 g/mol. The van der Waals surface area contributed by atoms with Crippen LogP contribution in [0.15, 0.2) is 61.9 Å². The van der Waals surface area contributed by atoms with Crippen molar-refractivity contribution in [2.45, 2.75) is 25.7 Å². The van der Waals surface area contributed by atoms with E-state index in [0.717, 1.165) is 22.9 Å². The van der Waals surface area contributed by atoms with E-state index in [1.807, 2.05) is 26.8 Å². The summed E-state index contributed by atoms with van der Waals surface area (Å²) in [5.41, 5.74) is 3.13. The number of hydrogen-bond acceptors (Lipinski definition) is 5. The molecule has 0 saturated heterocycles. The molecule has 0 atom stereocenters. The molecule has 0 saturated carbocycles. The van der Waals surface area contributed by atoms with Gasteiger partial charge in [-0.1, -0.05) is 23.8 Å². The van der Waals surface area contributed by atoms with Gasteiger partial charge in [0.15, 0.2) is 0 Å². The molecule has 7 heteroatoms. The van der Waals surface area contributed by atoms with E-state index in [1.165, 1.54) is 18.4 Å². The summed E-state index contributed by atoms with van der Waals surface area (Å²) in [6.45, 7) is 5.61. The van der Waals surface area contributed by atoms with Crippen LogP contribution in [0.4, 0.5) is 0 Å². The smallest absolute Gasteiger partial charge is 0.276 e. The highest BCUT2D eigenvalue weighted by atomic mass is 32.2. The number of rotatable bonds is 4. The fourth-order valence-corrected chi connectivity index (χ4v) is 3.45. The normalized spacial score (nSPS) is 12.0. The molecule has 0 aliphatic rings. The molecule has 3 rings (SSSR count). The van der Waals surface area contributed by atoms with E-state index in [1.54, 1.807) is 18.2 Å². The first-order valence-electron chi connectivity index (χ1n) is 7.92. The van der Waals surface area contributed by atoms with E-state index in [-0.39, 0.29) is 15.9 Å². The van der Waals surface area contributed by atoms with Crippen LogP contribution in [0.2, 0.25) is 0 Å². The highest BCUT2D eigenvalue weighted by molar-refractivity contribution is 7.89. The Kier molecular flexibility index (Phi) is 4.65. The number of hydrogen-bond donors (Lipinski definition) is 1. The fraction of sp³-hybridized carbons (Fsp3) is 0.158. The molecular weight excluding hydrogens is 352 g/mol. The van der Waals surface area contributed by atoms with E-state index < -0.39 is 10.0 Å². The molecule has 0 aliphatic heterocycles. The Morgan fingerprint density at radius 2 is 1.73 bits per heavy atom. The third-order valence-electron chi connectivity index (χ3n) is 3.95. The molecule has 3 aromatic rings. The van der Waals surface area contributed by atoms with Gasteiger partial charge in [0.2, 0.25) is 5.43 Å². The minimum atomic E-state index is -3.80. The summed E-state index contributed by atoms with van der Waals surface area (Å²) < 4.78 is 29.9. The van der Waals surface area contributed by atoms with E-state index in [4.69, 9.17) is 4.42 Å². The predicted molar refractivity (Wildman–Crippen MR) is 101 cm³/mol. The summed E-state index contributed by atoms with van der Waals surface area (Å²) in [5.74, 6) is 0. The van der Waals surface area contributed by atoms with Crippen LogP contribution in [0, 0.1) is 20.8 Å². The van der Waals surface area contributed by atoms with Gasteiger partial charge in [-0.05, 0) is 50.1 Å². The molecule has 134 valence electrons. The second-order valence-corrected chi connectivity index (χ2v) is 7.80. The minimum Gasteiger partial charge on any atom is -0.463 e. The SMILES string of the molecule is Cc1ccc(S(=O)(=O)N/N=C\c2coc3cc(C)cc(C)c3c2=O)cc1. The van der Waals surface area contributed by atoms with Crippen LogP contribution >= 0.6 is 0 Å². The molecule has 0 unspecified atom stereocenters. The van der Waals surface area contributed by atoms with Gasteiger partial charge < -0.3 is 4.42 Å². The Bertz CT molecular complexity index is 1160. The van der Waals surface area contributed by atoms with E-state index in [2.05, 4.69) is 9.93 Å². The average Bonchev–Trinajstić information content (AvgIpc) is 2.56. The second kappa shape index (κ2) is 6.76. The van der Waals surface area contributed by atoms with Gasteiger partial charge in [0.25, 0.3) is 10.0 Å². The Balaban J connectivity index is 1.90. The van der Waals surface area contributed by atoms with Crippen LogP contribution in [0.5, 0.6) is 0 Å².